The van der Waals surface area contributed by atoms with Gasteiger partial charge in [-0.2, -0.15) is 5.01 Å². The van der Waals surface area contributed by atoms with Gasteiger partial charge in [0.25, 0.3) is 11.8 Å². The first kappa shape index (κ1) is 19.9. The summed E-state index contributed by atoms with van der Waals surface area (Å²) in [5, 5.41) is 10.9. The van der Waals surface area contributed by atoms with Crippen LogP contribution in [0.5, 0.6) is 11.5 Å². The van der Waals surface area contributed by atoms with Gasteiger partial charge in [0.05, 0.1) is 11.5 Å². The fourth-order valence-corrected chi connectivity index (χ4v) is 3.78. The van der Waals surface area contributed by atoms with E-state index in [1.165, 1.54) is 6.07 Å². The molecule has 1 aliphatic rings. The Labute approximate surface area is 172 Å². The third-order valence-corrected chi connectivity index (χ3v) is 5.28. The van der Waals surface area contributed by atoms with E-state index in [0.29, 0.717) is 28.4 Å². The lowest BCUT2D eigenvalue weighted by Crippen LogP contribution is -2.45. The third kappa shape index (κ3) is 4.18. The maximum absolute atomic E-state index is 12.7. The topological polar surface area (TPSA) is 78.9 Å². The van der Waals surface area contributed by atoms with E-state index in [1.807, 2.05) is 26.0 Å². The fraction of sp³-hybridized carbons (Fsp3) is 0.150. The van der Waals surface area contributed by atoms with E-state index in [0.717, 1.165) is 22.3 Å². The van der Waals surface area contributed by atoms with Gasteiger partial charge in [0.2, 0.25) is 0 Å². The van der Waals surface area contributed by atoms with Gasteiger partial charge in [-0.25, -0.2) is 0 Å². The quantitative estimate of drug-likeness (QED) is 0.574. The number of rotatable bonds is 5. The normalized spacial score (nSPS) is 15.2. The number of hydrogen-bond acceptors (Lipinski definition) is 6. The number of nitrogens with one attached hydrogen (secondary N) is 1. The van der Waals surface area contributed by atoms with Gasteiger partial charge in [-0.15, -0.1) is 0 Å². The van der Waals surface area contributed by atoms with Crippen molar-refractivity contribution in [3.05, 3.63) is 64.1 Å². The molecule has 0 aromatic heterocycles. The Bertz CT molecular complexity index is 988. The van der Waals surface area contributed by atoms with E-state index < -0.39 is 11.8 Å². The van der Waals surface area contributed by atoms with E-state index in [4.69, 9.17) is 17.0 Å². The van der Waals surface area contributed by atoms with Crippen molar-refractivity contribution in [1.82, 2.24) is 10.4 Å². The molecule has 144 valence electrons. The second-order valence-electron chi connectivity index (χ2n) is 5.93. The van der Waals surface area contributed by atoms with Crippen LogP contribution in [0.25, 0.3) is 6.08 Å². The number of carbonyl (C=O) groups is 2. The van der Waals surface area contributed by atoms with Crippen molar-refractivity contribution in [2.45, 2.75) is 13.8 Å². The Morgan fingerprint density at radius 2 is 2.07 bits per heavy atom. The molecule has 28 heavy (non-hydrogen) atoms. The van der Waals surface area contributed by atoms with Crippen molar-refractivity contribution >= 4 is 46.2 Å². The summed E-state index contributed by atoms with van der Waals surface area (Å²) in [6.07, 6.45) is 1.64. The number of thiocarbonyl (C=S) groups is 1. The molecule has 2 N–H and O–H groups in total. The number of aryl methyl sites for hydroxylation is 1. The highest BCUT2D eigenvalue weighted by Crippen LogP contribution is 2.33. The molecule has 0 saturated carbocycles. The number of benzene rings is 2. The fourth-order valence-electron chi connectivity index (χ4n) is 2.60. The van der Waals surface area contributed by atoms with Crippen LogP contribution in [-0.4, -0.2) is 32.9 Å². The molecule has 2 amide bonds. The number of hydrogen-bond donors (Lipinski definition) is 2. The summed E-state index contributed by atoms with van der Waals surface area (Å²) >= 11 is 6.34. The minimum Gasteiger partial charge on any atom is -0.504 e. The first-order valence-corrected chi connectivity index (χ1v) is 9.73. The van der Waals surface area contributed by atoms with E-state index in [2.05, 4.69) is 5.43 Å². The molecule has 0 spiro atoms. The highest BCUT2D eigenvalue weighted by atomic mass is 32.2. The number of nitrogens with zero attached hydrogens (tertiary/aromatic N) is 1. The summed E-state index contributed by atoms with van der Waals surface area (Å²) in [6, 6.07) is 11.9. The Kier molecular flexibility index (Phi) is 6.01. The van der Waals surface area contributed by atoms with E-state index in [-0.39, 0.29) is 10.1 Å². The molecule has 6 nitrogen and oxygen atoms in total. The molecular formula is C20H18N2O4S2. The van der Waals surface area contributed by atoms with E-state index in [9.17, 15) is 14.7 Å². The number of thioether (sulfide) groups is 1. The number of carbonyl (C=O) groups excluding carboxylic acids is 2. The average molecular weight is 415 g/mol. The van der Waals surface area contributed by atoms with Crippen LogP contribution in [0.15, 0.2) is 47.4 Å². The lowest BCUT2D eigenvalue weighted by atomic mass is 10.1. The van der Waals surface area contributed by atoms with Gasteiger partial charge in [0.15, 0.2) is 15.8 Å². The maximum Gasteiger partial charge on any atom is 0.285 e. The van der Waals surface area contributed by atoms with Crippen molar-refractivity contribution in [1.29, 1.82) is 0 Å². The predicted octanol–water partition coefficient (Wildman–Crippen LogP) is 3.65. The predicted molar refractivity (Wildman–Crippen MR) is 113 cm³/mol. The maximum atomic E-state index is 12.7. The zero-order valence-electron chi connectivity index (χ0n) is 15.3. The third-order valence-electron chi connectivity index (χ3n) is 3.98. The summed E-state index contributed by atoms with van der Waals surface area (Å²) in [5.74, 6) is -0.460. The monoisotopic (exact) mass is 414 g/mol. The Morgan fingerprint density at radius 3 is 2.79 bits per heavy atom. The Balaban J connectivity index is 1.80. The number of phenolic OH excluding ortho intramolecular Hbond substituents is 1. The smallest absolute Gasteiger partial charge is 0.285 e. The van der Waals surface area contributed by atoms with Gasteiger partial charge < -0.3 is 9.84 Å². The SMILES string of the molecule is CCOc1cc(C=C2SC(=S)N(NC(=O)c3ccccc3C)C2=O)ccc1O. The summed E-state index contributed by atoms with van der Waals surface area (Å²) in [6.45, 7) is 4.04. The van der Waals surface area contributed by atoms with Crippen molar-refractivity contribution in [3.8, 4) is 11.5 Å². The van der Waals surface area contributed by atoms with Crippen LogP contribution in [0.2, 0.25) is 0 Å². The molecule has 1 aliphatic heterocycles. The van der Waals surface area contributed by atoms with Crippen LogP contribution in [0.1, 0.15) is 28.4 Å². The minimum atomic E-state index is -0.414. The lowest BCUT2D eigenvalue weighted by Gasteiger charge is -2.16. The number of aromatic hydroxyl groups is 1. The zero-order chi connectivity index (χ0) is 20.3. The first-order chi connectivity index (χ1) is 13.4. The second-order valence-corrected chi connectivity index (χ2v) is 7.61. The average Bonchev–Trinajstić information content (AvgIpc) is 2.92. The van der Waals surface area contributed by atoms with Crippen LogP contribution in [0, 0.1) is 6.92 Å². The van der Waals surface area contributed by atoms with Gasteiger partial charge in [0.1, 0.15) is 0 Å². The molecule has 0 radical (unpaired) electrons. The molecular weight excluding hydrogens is 396 g/mol. The van der Waals surface area contributed by atoms with Gasteiger partial charge >= 0.3 is 0 Å². The summed E-state index contributed by atoms with van der Waals surface area (Å²) in [5.41, 5.74) is 4.51. The molecule has 2 aromatic rings. The van der Waals surface area contributed by atoms with Crippen LogP contribution < -0.4 is 10.2 Å². The van der Waals surface area contributed by atoms with Gasteiger partial charge in [0, 0.05) is 5.56 Å². The molecule has 0 unspecified atom stereocenters. The Hall–Kier alpha value is -2.84. The molecule has 0 aliphatic carbocycles. The molecule has 1 heterocycles. The van der Waals surface area contributed by atoms with Crippen LogP contribution in [0.3, 0.4) is 0 Å². The van der Waals surface area contributed by atoms with Crippen LogP contribution in [0.4, 0.5) is 0 Å². The standard InChI is InChI=1S/C20H18N2O4S2/c1-3-26-16-10-13(8-9-15(16)23)11-17-19(25)22(20(27)28-17)21-18(24)14-7-5-4-6-12(14)2/h4-11,23H,3H2,1-2H3,(H,21,24). The van der Waals surface area contributed by atoms with Crippen LogP contribution in [-0.2, 0) is 4.79 Å². The molecule has 1 saturated heterocycles. The first-order valence-electron chi connectivity index (χ1n) is 8.51. The van der Waals surface area contributed by atoms with Crippen molar-refractivity contribution in [2.24, 2.45) is 0 Å². The van der Waals surface area contributed by atoms with Gasteiger partial charge in [-0.05, 0) is 61.5 Å². The molecule has 3 rings (SSSR count). The minimum absolute atomic E-state index is 0.0250. The number of hydrazine groups is 1. The highest BCUT2D eigenvalue weighted by molar-refractivity contribution is 8.26. The molecule has 0 bridgehead atoms. The van der Waals surface area contributed by atoms with Crippen molar-refractivity contribution < 1.29 is 19.4 Å². The summed E-state index contributed by atoms with van der Waals surface area (Å²) in [4.78, 5) is 25.6. The lowest BCUT2D eigenvalue weighted by molar-refractivity contribution is -0.123. The van der Waals surface area contributed by atoms with Crippen LogP contribution >= 0.6 is 24.0 Å². The number of ether oxygens (including phenoxy) is 1. The van der Waals surface area contributed by atoms with Gasteiger partial charge in [-0.1, -0.05) is 36.0 Å². The summed E-state index contributed by atoms with van der Waals surface area (Å²) < 4.78 is 5.60. The van der Waals surface area contributed by atoms with E-state index >= 15 is 0 Å². The highest BCUT2D eigenvalue weighted by Gasteiger charge is 2.34. The molecule has 2 aromatic carbocycles. The van der Waals surface area contributed by atoms with Crippen molar-refractivity contribution in [2.75, 3.05) is 6.61 Å². The number of amides is 2. The molecule has 0 atom stereocenters. The molecule has 8 heteroatoms. The number of phenols is 1. The van der Waals surface area contributed by atoms with Gasteiger partial charge in [-0.3, -0.25) is 15.0 Å². The van der Waals surface area contributed by atoms with Crippen molar-refractivity contribution in [3.63, 3.8) is 0 Å². The second kappa shape index (κ2) is 8.45. The zero-order valence-corrected chi connectivity index (χ0v) is 16.9. The van der Waals surface area contributed by atoms with E-state index in [1.54, 1.807) is 30.3 Å². The Morgan fingerprint density at radius 1 is 1.32 bits per heavy atom. The molecule has 1 fully saturated rings. The largest absolute Gasteiger partial charge is 0.504 e. The summed E-state index contributed by atoms with van der Waals surface area (Å²) in [7, 11) is 0.